The Balaban J connectivity index is 1.30. The highest BCUT2D eigenvalue weighted by atomic mass is 16.5. The van der Waals surface area contributed by atoms with Gasteiger partial charge in [-0.1, -0.05) is 6.07 Å². The summed E-state index contributed by atoms with van der Waals surface area (Å²) in [5.74, 6) is 1.83. The standard InChI is InChI=1S/C26H30N4O4/c1-32-22-5-7-24-19(13-22)12-20(17-34-24)26(31)29-23-6-4-18(21-15-27-28-16-21)14-25(23)33-11-10-30-8-2-3-9-30/h4-7,13-16,20H,2-3,8-12,17H2,1H3,(H,27,28)(H,29,31)/t20-/m0/s1. The van der Waals surface area contributed by atoms with Crippen LogP contribution in [0.2, 0.25) is 0 Å². The molecular formula is C26H30N4O4. The number of aromatic nitrogens is 2. The number of nitrogens with one attached hydrogen (secondary N) is 2. The van der Waals surface area contributed by atoms with Gasteiger partial charge in [-0.2, -0.15) is 5.10 Å². The maximum absolute atomic E-state index is 13.2. The molecule has 2 aliphatic rings. The van der Waals surface area contributed by atoms with Crippen LogP contribution >= 0.6 is 0 Å². The summed E-state index contributed by atoms with van der Waals surface area (Å²) in [4.78, 5) is 15.6. The second-order valence-corrected chi connectivity index (χ2v) is 8.77. The smallest absolute Gasteiger partial charge is 0.231 e. The lowest BCUT2D eigenvalue weighted by molar-refractivity contribution is -0.121. The minimum absolute atomic E-state index is 0.0890. The van der Waals surface area contributed by atoms with Crippen LogP contribution in [0.25, 0.3) is 11.1 Å². The quantitative estimate of drug-likeness (QED) is 0.530. The Kier molecular flexibility index (Phi) is 6.67. The number of methoxy groups -OCH3 is 1. The second kappa shape index (κ2) is 10.2. The molecule has 0 radical (unpaired) electrons. The third kappa shape index (κ3) is 5.02. The number of rotatable bonds is 8. The van der Waals surface area contributed by atoms with Crippen LogP contribution in [0.4, 0.5) is 5.69 Å². The molecule has 1 amide bonds. The van der Waals surface area contributed by atoms with Gasteiger partial charge in [-0.05, 0) is 73.8 Å². The van der Waals surface area contributed by atoms with Gasteiger partial charge in [-0.3, -0.25) is 14.8 Å². The van der Waals surface area contributed by atoms with Gasteiger partial charge in [0.25, 0.3) is 0 Å². The molecule has 2 N–H and O–H groups in total. The Labute approximate surface area is 199 Å². The van der Waals surface area contributed by atoms with Crippen molar-refractivity contribution in [1.82, 2.24) is 15.1 Å². The molecule has 0 aliphatic carbocycles. The van der Waals surface area contributed by atoms with Crippen molar-refractivity contribution in [3.8, 4) is 28.4 Å². The van der Waals surface area contributed by atoms with E-state index in [1.165, 1.54) is 12.8 Å². The molecule has 3 aromatic rings. The molecule has 2 aliphatic heterocycles. The van der Waals surface area contributed by atoms with Crippen LogP contribution in [-0.2, 0) is 11.2 Å². The van der Waals surface area contributed by atoms with Gasteiger partial charge in [0.2, 0.25) is 5.91 Å². The molecule has 5 rings (SSSR count). The molecule has 0 saturated carbocycles. The van der Waals surface area contributed by atoms with Gasteiger partial charge in [-0.25, -0.2) is 0 Å². The summed E-state index contributed by atoms with van der Waals surface area (Å²) in [5, 5.41) is 9.96. The summed E-state index contributed by atoms with van der Waals surface area (Å²) in [7, 11) is 1.63. The van der Waals surface area contributed by atoms with Crippen molar-refractivity contribution in [3.05, 3.63) is 54.4 Å². The zero-order chi connectivity index (χ0) is 23.3. The highest BCUT2D eigenvalue weighted by molar-refractivity contribution is 5.95. The molecule has 0 bridgehead atoms. The number of anilines is 1. The van der Waals surface area contributed by atoms with Gasteiger partial charge >= 0.3 is 0 Å². The van der Waals surface area contributed by atoms with E-state index in [9.17, 15) is 4.79 Å². The van der Waals surface area contributed by atoms with Crippen molar-refractivity contribution >= 4 is 11.6 Å². The molecule has 178 valence electrons. The van der Waals surface area contributed by atoms with Gasteiger partial charge in [0, 0.05) is 18.3 Å². The van der Waals surface area contributed by atoms with Crippen LogP contribution in [0, 0.1) is 5.92 Å². The third-order valence-corrected chi connectivity index (χ3v) is 6.48. The molecule has 1 saturated heterocycles. The van der Waals surface area contributed by atoms with E-state index in [1.54, 1.807) is 13.3 Å². The molecule has 0 spiro atoms. The van der Waals surface area contributed by atoms with E-state index in [4.69, 9.17) is 14.2 Å². The first-order chi connectivity index (χ1) is 16.7. The molecule has 2 aromatic carbocycles. The van der Waals surface area contributed by atoms with E-state index in [2.05, 4.69) is 20.4 Å². The average Bonchev–Trinajstić information content (AvgIpc) is 3.59. The van der Waals surface area contributed by atoms with Crippen molar-refractivity contribution in [2.45, 2.75) is 19.3 Å². The van der Waals surface area contributed by atoms with Crippen LogP contribution in [0.3, 0.4) is 0 Å². The molecule has 8 heteroatoms. The zero-order valence-corrected chi connectivity index (χ0v) is 19.4. The maximum atomic E-state index is 13.2. The Morgan fingerprint density at radius 2 is 2.09 bits per heavy atom. The highest BCUT2D eigenvalue weighted by Crippen LogP contribution is 2.34. The molecule has 1 fully saturated rings. The zero-order valence-electron chi connectivity index (χ0n) is 19.4. The van der Waals surface area contributed by atoms with Crippen molar-refractivity contribution < 1.29 is 19.0 Å². The van der Waals surface area contributed by atoms with E-state index in [-0.39, 0.29) is 11.8 Å². The number of benzene rings is 2. The topological polar surface area (TPSA) is 88.7 Å². The van der Waals surface area contributed by atoms with Crippen LogP contribution in [0.5, 0.6) is 17.2 Å². The maximum Gasteiger partial charge on any atom is 0.231 e. The monoisotopic (exact) mass is 462 g/mol. The van der Waals surface area contributed by atoms with E-state index >= 15 is 0 Å². The minimum atomic E-state index is -0.300. The summed E-state index contributed by atoms with van der Waals surface area (Å²) in [6, 6.07) is 11.5. The summed E-state index contributed by atoms with van der Waals surface area (Å²) in [6.45, 7) is 4.02. The summed E-state index contributed by atoms with van der Waals surface area (Å²) in [5.41, 5.74) is 3.58. The Bertz CT molecular complexity index is 1130. The Morgan fingerprint density at radius 1 is 1.21 bits per heavy atom. The molecule has 0 unspecified atom stereocenters. The van der Waals surface area contributed by atoms with Gasteiger partial charge in [0.05, 0.1) is 24.9 Å². The summed E-state index contributed by atoms with van der Waals surface area (Å²) >= 11 is 0. The van der Waals surface area contributed by atoms with E-state index in [0.29, 0.717) is 31.1 Å². The summed E-state index contributed by atoms with van der Waals surface area (Å²) < 4.78 is 17.3. The predicted molar refractivity (Wildman–Crippen MR) is 130 cm³/mol. The number of hydrogen-bond donors (Lipinski definition) is 2. The van der Waals surface area contributed by atoms with Gasteiger partial charge < -0.3 is 19.5 Å². The molecule has 3 heterocycles. The average molecular weight is 463 g/mol. The largest absolute Gasteiger partial charge is 0.497 e. The van der Waals surface area contributed by atoms with Gasteiger partial charge in [-0.15, -0.1) is 0 Å². The van der Waals surface area contributed by atoms with E-state index in [0.717, 1.165) is 47.8 Å². The van der Waals surface area contributed by atoms with Crippen LogP contribution in [0.1, 0.15) is 18.4 Å². The Morgan fingerprint density at radius 3 is 2.88 bits per heavy atom. The normalized spacial score (nSPS) is 17.6. The molecule has 8 nitrogen and oxygen atoms in total. The number of carbonyl (C=O) groups excluding carboxylic acids is 1. The fourth-order valence-electron chi connectivity index (χ4n) is 4.53. The lowest BCUT2D eigenvalue weighted by Gasteiger charge is -2.25. The van der Waals surface area contributed by atoms with Gasteiger partial charge in [0.15, 0.2) is 0 Å². The Hall–Kier alpha value is -3.52. The fraction of sp³-hybridized carbons (Fsp3) is 0.385. The van der Waals surface area contributed by atoms with Crippen molar-refractivity contribution in [3.63, 3.8) is 0 Å². The van der Waals surface area contributed by atoms with Crippen LogP contribution in [0.15, 0.2) is 48.8 Å². The SMILES string of the molecule is COc1ccc2c(c1)C[C@H](C(=O)Nc1ccc(-c3cn[nH]c3)cc1OCCN1CCCC1)CO2. The number of hydrogen-bond acceptors (Lipinski definition) is 6. The molecule has 1 atom stereocenters. The number of aromatic amines is 1. The number of ether oxygens (including phenoxy) is 3. The lowest BCUT2D eigenvalue weighted by atomic mass is 9.95. The first kappa shape index (κ1) is 22.3. The van der Waals surface area contributed by atoms with E-state index < -0.39 is 0 Å². The number of carbonyl (C=O) groups is 1. The van der Waals surface area contributed by atoms with Crippen molar-refractivity contribution in [2.24, 2.45) is 5.92 Å². The number of nitrogens with zero attached hydrogens (tertiary/aromatic N) is 2. The number of likely N-dealkylation sites (tertiary alicyclic amines) is 1. The molecule has 1 aromatic heterocycles. The minimum Gasteiger partial charge on any atom is -0.497 e. The highest BCUT2D eigenvalue weighted by Gasteiger charge is 2.27. The first-order valence-corrected chi connectivity index (χ1v) is 11.8. The molecule has 34 heavy (non-hydrogen) atoms. The predicted octanol–water partition coefficient (Wildman–Crippen LogP) is 3.75. The number of amides is 1. The van der Waals surface area contributed by atoms with Crippen LogP contribution < -0.4 is 19.5 Å². The van der Waals surface area contributed by atoms with Crippen molar-refractivity contribution in [1.29, 1.82) is 0 Å². The van der Waals surface area contributed by atoms with Gasteiger partial charge in [0.1, 0.15) is 30.5 Å². The first-order valence-electron chi connectivity index (χ1n) is 11.8. The number of H-pyrrole nitrogens is 1. The third-order valence-electron chi connectivity index (χ3n) is 6.48. The second-order valence-electron chi connectivity index (χ2n) is 8.77. The number of fused-ring (bicyclic) bond motifs is 1. The lowest BCUT2D eigenvalue weighted by Crippen LogP contribution is -2.32. The molecular weight excluding hydrogens is 432 g/mol. The summed E-state index contributed by atoms with van der Waals surface area (Å²) in [6.07, 6.45) is 6.70. The van der Waals surface area contributed by atoms with Crippen LogP contribution in [-0.4, -0.2) is 61.0 Å². The van der Waals surface area contributed by atoms with Crippen molar-refractivity contribution in [2.75, 3.05) is 45.3 Å². The fourth-order valence-corrected chi connectivity index (χ4v) is 4.53. The van der Waals surface area contributed by atoms with E-state index in [1.807, 2.05) is 42.6 Å².